The number of hydrogen-bond donors (Lipinski definition) is 0. The average molecular weight is 486 g/mol. The molecule has 0 saturated heterocycles. The number of esters is 2. The van der Waals surface area contributed by atoms with Crippen molar-refractivity contribution in [2.45, 2.75) is 19.8 Å². The summed E-state index contributed by atoms with van der Waals surface area (Å²) in [6.45, 7) is 3.95. The Hall–Kier alpha value is -3.06. The zero-order valence-corrected chi connectivity index (χ0v) is 19.2. The number of rotatable bonds is 7. The molecule has 3 rings (SSSR count). The van der Waals surface area contributed by atoms with Gasteiger partial charge in [0.1, 0.15) is 5.75 Å². The van der Waals surface area contributed by atoms with Gasteiger partial charge in [0.15, 0.2) is 0 Å². The van der Waals surface area contributed by atoms with Crippen molar-refractivity contribution in [1.29, 1.82) is 0 Å². The molecule has 0 fully saturated rings. The number of ether oxygens (including phenoxy) is 3. The van der Waals surface area contributed by atoms with Gasteiger partial charge in [0.25, 0.3) is 0 Å². The Labute approximate surface area is 190 Å². The highest BCUT2D eigenvalue weighted by Gasteiger charge is 2.36. The molecule has 0 bridgehead atoms. The molecule has 0 unspecified atom stereocenters. The number of benzene rings is 2. The Bertz CT molecular complexity index is 977. The van der Waals surface area contributed by atoms with Crippen LogP contribution in [0.3, 0.4) is 0 Å². The lowest BCUT2D eigenvalue weighted by Crippen LogP contribution is -2.29. The van der Waals surface area contributed by atoms with Crippen molar-refractivity contribution in [2.24, 2.45) is 0 Å². The Kier molecular flexibility index (Phi) is 7.52. The smallest absolute Gasteiger partial charge is 0.336 e. The maximum Gasteiger partial charge on any atom is 0.336 e. The molecule has 2 aromatic rings. The third-order valence-corrected chi connectivity index (χ3v) is 5.25. The molecule has 0 saturated carbocycles. The Morgan fingerprint density at radius 2 is 1.52 bits per heavy atom. The highest BCUT2D eigenvalue weighted by Crippen LogP contribution is 2.39. The molecule has 0 spiro atoms. The van der Waals surface area contributed by atoms with E-state index in [-0.39, 0.29) is 13.2 Å². The summed E-state index contributed by atoms with van der Waals surface area (Å²) in [6.07, 6.45) is 3.40. The number of halogens is 1. The first-order valence-corrected chi connectivity index (χ1v) is 10.7. The van der Waals surface area contributed by atoms with Gasteiger partial charge in [-0.1, -0.05) is 28.1 Å². The fourth-order valence-corrected chi connectivity index (χ4v) is 3.79. The molecule has 1 heterocycles. The van der Waals surface area contributed by atoms with E-state index in [9.17, 15) is 9.59 Å². The van der Waals surface area contributed by atoms with Crippen LogP contribution in [-0.2, 0) is 19.1 Å². The van der Waals surface area contributed by atoms with Crippen LogP contribution in [0.4, 0.5) is 5.69 Å². The number of hydrogen-bond acceptors (Lipinski definition) is 6. The van der Waals surface area contributed by atoms with Crippen molar-refractivity contribution in [1.82, 2.24) is 0 Å². The van der Waals surface area contributed by atoms with Gasteiger partial charge in [0.05, 0.1) is 37.4 Å². The normalized spacial score (nSPS) is 13.9. The van der Waals surface area contributed by atoms with Gasteiger partial charge < -0.3 is 19.1 Å². The van der Waals surface area contributed by atoms with Gasteiger partial charge in [0.2, 0.25) is 0 Å². The molecule has 6 nitrogen and oxygen atoms in total. The van der Waals surface area contributed by atoms with Crippen LogP contribution in [-0.4, -0.2) is 32.3 Å². The van der Waals surface area contributed by atoms with E-state index in [1.54, 1.807) is 38.3 Å². The number of methoxy groups -OCH3 is 1. The Morgan fingerprint density at radius 3 is 2.00 bits per heavy atom. The predicted molar refractivity (Wildman–Crippen MR) is 122 cm³/mol. The van der Waals surface area contributed by atoms with Crippen molar-refractivity contribution in [3.8, 4) is 5.75 Å². The van der Waals surface area contributed by atoms with Crippen LogP contribution < -0.4 is 9.64 Å². The van der Waals surface area contributed by atoms with Crippen molar-refractivity contribution in [3.63, 3.8) is 0 Å². The highest BCUT2D eigenvalue weighted by atomic mass is 79.9. The van der Waals surface area contributed by atoms with Crippen LogP contribution in [0, 0.1) is 0 Å². The second-order valence-electron chi connectivity index (χ2n) is 6.70. The van der Waals surface area contributed by atoms with E-state index >= 15 is 0 Å². The van der Waals surface area contributed by atoms with Crippen LogP contribution in [0.25, 0.3) is 0 Å². The third kappa shape index (κ3) is 5.17. The van der Waals surface area contributed by atoms with Gasteiger partial charge in [-0.3, -0.25) is 0 Å². The van der Waals surface area contributed by atoms with Crippen LogP contribution in [0.1, 0.15) is 25.3 Å². The molecule has 0 atom stereocenters. The van der Waals surface area contributed by atoms with E-state index in [1.165, 1.54) is 0 Å². The number of anilines is 1. The first-order chi connectivity index (χ1) is 15.0. The molecular weight excluding hydrogens is 462 g/mol. The lowest BCUT2D eigenvalue weighted by Gasteiger charge is -2.30. The number of carbonyl (C=O) groups excluding carboxylic acids is 2. The van der Waals surface area contributed by atoms with E-state index in [2.05, 4.69) is 15.9 Å². The molecule has 2 aromatic carbocycles. The van der Waals surface area contributed by atoms with Gasteiger partial charge in [0, 0.05) is 22.6 Å². The zero-order valence-electron chi connectivity index (χ0n) is 17.6. The zero-order chi connectivity index (χ0) is 22.4. The summed E-state index contributed by atoms with van der Waals surface area (Å²) in [5.41, 5.74) is 2.24. The van der Waals surface area contributed by atoms with E-state index in [0.29, 0.717) is 16.9 Å². The molecule has 0 radical (unpaired) electrons. The van der Waals surface area contributed by atoms with E-state index in [1.807, 2.05) is 48.5 Å². The standard InChI is InChI=1S/C24H24BrNO5/c1-4-30-23(27)20-14-26(18-9-11-19(29-3)12-10-18)15-21(24(28)31-5-2)22(20)16-7-6-8-17(25)13-16/h6-15,22H,4-5H2,1-3H3. The summed E-state index contributed by atoms with van der Waals surface area (Å²) in [5.74, 6) is -0.885. The van der Waals surface area contributed by atoms with Crippen molar-refractivity contribution < 1.29 is 23.8 Å². The summed E-state index contributed by atoms with van der Waals surface area (Å²) >= 11 is 3.47. The van der Waals surface area contributed by atoms with Crippen LogP contribution >= 0.6 is 15.9 Å². The monoisotopic (exact) mass is 485 g/mol. The van der Waals surface area contributed by atoms with Crippen LogP contribution in [0.15, 0.2) is 76.5 Å². The topological polar surface area (TPSA) is 65.1 Å². The minimum absolute atomic E-state index is 0.225. The molecule has 0 N–H and O–H groups in total. The summed E-state index contributed by atoms with van der Waals surface area (Å²) in [7, 11) is 1.59. The van der Waals surface area contributed by atoms with Crippen molar-refractivity contribution in [2.75, 3.05) is 25.2 Å². The fraction of sp³-hybridized carbons (Fsp3) is 0.250. The minimum Gasteiger partial charge on any atom is -0.497 e. The van der Waals surface area contributed by atoms with Gasteiger partial charge in [-0.05, 0) is 55.8 Å². The summed E-state index contributed by atoms with van der Waals surface area (Å²) in [4.78, 5) is 27.6. The SMILES string of the molecule is CCOC(=O)C1=CN(c2ccc(OC)cc2)C=C(C(=O)OCC)C1c1cccc(Br)c1. The maximum atomic E-state index is 12.9. The predicted octanol–water partition coefficient (Wildman–Crippen LogP) is 4.96. The third-order valence-electron chi connectivity index (χ3n) is 4.75. The second kappa shape index (κ2) is 10.3. The first kappa shape index (κ1) is 22.6. The van der Waals surface area contributed by atoms with Gasteiger partial charge >= 0.3 is 11.9 Å². The number of carbonyl (C=O) groups is 2. The lowest BCUT2D eigenvalue weighted by atomic mass is 9.83. The molecule has 0 aromatic heterocycles. The molecule has 7 heteroatoms. The van der Waals surface area contributed by atoms with Crippen LogP contribution in [0.5, 0.6) is 5.75 Å². The molecular formula is C24H24BrNO5. The van der Waals surface area contributed by atoms with Gasteiger partial charge in [-0.25, -0.2) is 9.59 Å². The Morgan fingerprint density at radius 1 is 0.935 bits per heavy atom. The molecule has 1 aliphatic heterocycles. The lowest BCUT2D eigenvalue weighted by molar-refractivity contribution is -0.139. The molecule has 0 amide bonds. The maximum absolute atomic E-state index is 12.9. The van der Waals surface area contributed by atoms with Crippen molar-refractivity contribution in [3.05, 3.63) is 82.1 Å². The molecule has 31 heavy (non-hydrogen) atoms. The van der Waals surface area contributed by atoms with Crippen LogP contribution in [0.2, 0.25) is 0 Å². The minimum atomic E-state index is -0.620. The summed E-state index contributed by atoms with van der Waals surface area (Å²) < 4.78 is 16.7. The van der Waals surface area contributed by atoms with E-state index in [4.69, 9.17) is 14.2 Å². The highest BCUT2D eigenvalue weighted by molar-refractivity contribution is 9.10. The summed E-state index contributed by atoms with van der Waals surface area (Å²) in [5, 5.41) is 0. The largest absolute Gasteiger partial charge is 0.497 e. The van der Waals surface area contributed by atoms with Crippen molar-refractivity contribution >= 4 is 33.6 Å². The fourth-order valence-electron chi connectivity index (χ4n) is 3.37. The average Bonchev–Trinajstić information content (AvgIpc) is 2.78. The molecule has 1 aliphatic rings. The van der Waals surface area contributed by atoms with Gasteiger partial charge in [-0.2, -0.15) is 0 Å². The van der Waals surface area contributed by atoms with E-state index < -0.39 is 17.9 Å². The first-order valence-electron chi connectivity index (χ1n) is 9.94. The number of nitrogens with zero attached hydrogens (tertiary/aromatic N) is 1. The molecule has 0 aliphatic carbocycles. The molecule has 162 valence electrons. The van der Waals surface area contributed by atoms with Gasteiger partial charge in [-0.15, -0.1) is 0 Å². The Balaban J connectivity index is 2.15. The van der Waals surface area contributed by atoms with E-state index in [0.717, 1.165) is 15.7 Å². The second-order valence-corrected chi connectivity index (χ2v) is 7.62. The quantitative estimate of drug-likeness (QED) is 0.516. The summed E-state index contributed by atoms with van der Waals surface area (Å²) in [6, 6.07) is 14.8.